The van der Waals surface area contributed by atoms with Crippen LogP contribution in [-0.2, 0) is 17.8 Å². The highest BCUT2D eigenvalue weighted by molar-refractivity contribution is 14.0. The smallest absolute Gasteiger partial charge is 0.191 e. The maximum atomic E-state index is 5.64. The van der Waals surface area contributed by atoms with Gasteiger partial charge in [0.2, 0.25) is 0 Å². The summed E-state index contributed by atoms with van der Waals surface area (Å²) in [6.45, 7) is 10.6. The Morgan fingerprint density at radius 2 is 2.11 bits per heavy atom. The van der Waals surface area contributed by atoms with E-state index in [1.807, 2.05) is 11.8 Å². The highest BCUT2D eigenvalue weighted by atomic mass is 127. The van der Waals surface area contributed by atoms with Gasteiger partial charge in [-0.1, -0.05) is 24.3 Å². The minimum absolute atomic E-state index is 0. The van der Waals surface area contributed by atoms with Crippen molar-refractivity contribution in [3.8, 4) is 0 Å². The van der Waals surface area contributed by atoms with Crippen molar-refractivity contribution in [1.29, 1.82) is 0 Å². The molecule has 1 unspecified atom stereocenters. The average molecular weight is 521 g/mol. The molecule has 5 nitrogen and oxygen atoms in total. The van der Waals surface area contributed by atoms with Crippen LogP contribution in [0.4, 0.5) is 0 Å². The van der Waals surface area contributed by atoms with Crippen molar-refractivity contribution >= 4 is 41.7 Å². The van der Waals surface area contributed by atoms with Gasteiger partial charge in [-0.05, 0) is 49.8 Å². The number of morpholine rings is 1. The average Bonchev–Trinajstić information content (AvgIpc) is 2.66. The van der Waals surface area contributed by atoms with Crippen LogP contribution < -0.4 is 10.6 Å². The topological polar surface area (TPSA) is 48.9 Å². The van der Waals surface area contributed by atoms with Crippen LogP contribution in [0.1, 0.15) is 37.8 Å². The second-order valence-electron chi connectivity index (χ2n) is 7.06. The van der Waals surface area contributed by atoms with E-state index in [-0.39, 0.29) is 24.0 Å². The van der Waals surface area contributed by atoms with Crippen LogP contribution in [-0.4, -0.2) is 61.8 Å². The summed E-state index contributed by atoms with van der Waals surface area (Å²) in [6, 6.07) is 8.80. The third-order valence-corrected chi connectivity index (χ3v) is 5.25. The lowest BCUT2D eigenvalue weighted by Crippen LogP contribution is -2.40. The number of hydrogen-bond acceptors (Lipinski definition) is 4. The standard InChI is InChI=1S/C21H36N4OS.HI/c1-4-22-21(23-10-5-6-13-27-3)24-15-19-8-7-9-20(14-19)17-25-11-12-26-18(2)16-25;/h7-9,14,18H,4-6,10-13,15-17H2,1-3H3,(H2,22,23,24);1H. The summed E-state index contributed by atoms with van der Waals surface area (Å²) in [4.78, 5) is 7.23. The first-order valence-corrected chi connectivity index (χ1v) is 11.5. The molecule has 0 saturated carbocycles. The van der Waals surface area contributed by atoms with Gasteiger partial charge in [-0.25, -0.2) is 4.99 Å². The van der Waals surface area contributed by atoms with Gasteiger partial charge < -0.3 is 15.4 Å². The molecule has 1 aliphatic heterocycles. The van der Waals surface area contributed by atoms with E-state index in [2.05, 4.69) is 59.9 Å². The van der Waals surface area contributed by atoms with Gasteiger partial charge >= 0.3 is 0 Å². The van der Waals surface area contributed by atoms with Crippen molar-refractivity contribution in [2.75, 3.05) is 44.8 Å². The predicted molar refractivity (Wildman–Crippen MR) is 133 cm³/mol. The van der Waals surface area contributed by atoms with Crippen molar-refractivity contribution in [1.82, 2.24) is 15.5 Å². The van der Waals surface area contributed by atoms with Crippen LogP contribution in [0.25, 0.3) is 0 Å². The SMILES string of the molecule is CCNC(=NCc1cccc(CN2CCOC(C)C2)c1)NCCCCSC.I. The van der Waals surface area contributed by atoms with Gasteiger partial charge in [0, 0.05) is 32.7 Å². The van der Waals surface area contributed by atoms with Crippen molar-refractivity contribution in [3.05, 3.63) is 35.4 Å². The van der Waals surface area contributed by atoms with Crippen LogP contribution in [0.15, 0.2) is 29.3 Å². The first-order chi connectivity index (χ1) is 13.2. The van der Waals surface area contributed by atoms with E-state index in [1.54, 1.807) is 0 Å². The quantitative estimate of drug-likeness (QED) is 0.213. The Morgan fingerprint density at radius 1 is 1.29 bits per heavy atom. The zero-order valence-corrected chi connectivity index (χ0v) is 20.7. The van der Waals surface area contributed by atoms with E-state index in [9.17, 15) is 0 Å². The lowest BCUT2D eigenvalue weighted by molar-refractivity contribution is -0.0212. The molecule has 1 aromatic carbocycles. The molecule has 7 heteroatoms. The van der Waals surface area contributed by atoms with Gasteiger partial charge in [0.25, 0.3) is 0 Å². The number of ether oxygens (including phenoxy) is 1. The van der Waals surface area contributed by atoms with E-state index in [0.717, 1.165) is 45.3 Å². The minimum atomic E-state index is 0. The van der Waals surface area contributed by atoms with E-state index < -0.39 is 0 Å². The van der Waals surface area contributed by atoms with Gasteiger partial charge in [-0.15, -0.1) is 24.0 Å². The Balaban J connectivity index is 0.00000392. The summed E-state index contributed by atoms with van der Waals surface area (Å²) in [5, 5.41) is 6.78. The van der Waals surface area contributed by atoms with Crippen molar-refractivity contribution in [2.45, 2.75) is 45.9 Å². The lowest BCUT2D eigenvalue weighted by Gasteiger charge is -2.31. The molecule has 0 bridgehead atoms. The Labute approximate surface area is 192 Å². The number of nitrogens with one attached hydrogen (secondary N) is 2. The van der Waals surface area contributed by atoms with Crippen molar-refractivity contribution in [3.63, 3.8) is 0 Å². The predicted octanol–water partition coefficient (Wildman–Crippen LogP) is 3.72. The molecule has 1 heterocycles. The molecule has 1 aromatic rings. The maximum absolute atomic E-state index is 5.64. The fourth-order valence-corrected chi connectivity index (χ4v) is 3.70. The second kappa shape index (κ2) is 15.3. The van der Waals surface area contributed by atoms with Crippen LogP contribution in [0.5, 0.6) is 0 Å². The molecule has 28 heavy (non-hydrogen) atoms. The monoisotopic (exact) mass is 520 g/mol. The molecule has 1 fully saturated rings. The molecule has 160 valence electrons. The fraction of sp³-hybridized carbons (Fsp3) is 0.667. The van der Waals surface area contributed by atoms with Crippen LogP contribution in [0, 0.1) is 0 Å². The van der Waals surface area contributed by atoms with E-state index in [4.69, 9.17) is 9.73 Å². The maximum Gasteiger partial charge on any atom is 0.191 e. The molecule has 1 saturated heterocycles. The molecule has 0 aromatic heterocycles. The number of aliphatic imine (C=N–C) groups is 1. The molecule has 2 rings (SSSR count). The largest absolute Gasteiger partial charge is 0.376 e. The van der Waals surface area contributed by atoms with Crippen LogP contribution in [0.3, 0.4) is 0 Å². The third-order valence-electron chi connectivity index (χ3n) is 4.55. The Kier molecular flexibility index (Phi) is 14.0. The van der Waals surface area contributed by atoms with Gasteiger partial charge in [0.15, 0.2) is 5.96 Å². The highest BCUT2D eigenvalue weighted by Gasteiger charge is 2.16. The van der Waals surface area contributed by atoms with Crippen molar-refractivity contribution < 1.29 is 4.74 Å². The number of halogens is 1. The summed E-state index contributed by atoms with van der Waals surface area (Å²) >= 11 is 1.91. The number of guanidine groups is 1. The zero-order valence-electron chi connectivity index (χ0n) is 17.6. The van der Waals surface area contributed by atoms with E-state index >= 15 is 0 Å². The number of hydrogen-bond donors (Lipinski definition) is 2. The third kappa shape index (κ3) is 10.3. The molecular formula is C21H37IN4OS. The second-order valence-corrected chi connectivity index (χ2v) is 8.04. The molecule has 1 atom stereocenters. The van der Waals surface area contributed by atoms with E-state index in [1.165, 1.54) is 29.7 Å². The number of unbranched alkanes of at least 4 members (excludes halogenated alkanes) is 1. The lowest BCUT2D eigenvalue weighted by atomic mass is 10.1. The number of benzene rings is 1. The number of nitrogens with zero attached hydrogens (tertiary/aromatic N) is 2. The van der Waals surface area contributed by atoms with Crippen molar-refractivity contribution in [2.24, 2.45) is 4.99 Å². The molecule has 2 N–H and O–H groups in total. The molecular weight excluding hydrogens is 483 g/mol. The first-order valence-electron chi connectivity index (χ1n) is 10.1. The molecule has 0 spiro atoms. The molecule has 0 radical (unpaired) electrons. The van der Waals surface area contributed by atoms with Gasteiger partial charge in [-0.3, -0.25) is 4.90 Å². The Bertz CT molecular complexity index is 573. The summed E-state index contributed by atoms with van der Waals surface area (Å²) in [5.74, 6) is 2.14. The zero-order chi connectivity index (χ0) is 19.3. The molecule has 0 aliphatic carbocycles. The summed E-state index contributed by atoms with van der Waals surface area (Å²) in [6.07, 6.45) is 4.91. The normalized spacial score (nSPS) is 17.8. The summed E-state index contributed by atoms with van der Waals surface area (Å²) in [7, 11) is 0. The Hall–Kier alpha value is -0.510. The highest BCUT2D eigenvalue weighted by Crippen LogP contribution is 2.12. The van der Waals surface area contributed by atoms with Gasteiger partial charge in [0.1, 0.15) is 0 Å². The van der Waals surface area contributed by atoms with E-state index in [0.29, 0.717) is 12.6 Å². The van der Waals surface area contributed by atoms with Gasteiger partial charge in [-0.2, -0.15) is 11.8 Å². The molecule has 1 aliphatic rings. The summed E-state index contributed by atoms with van der Waals surface area (Å²) in [5.41, 5.74) is 2.61. The van der Waals surface area contributed by atoms with Gasteiger partial charge in [0.05, 0.1) is 19.3 Å². The first kappa shape index (κ1) is 25.5. The molecule has 0 amide bonds. The number of rotatable bonds is 10. The summed E-state index contributed by atoms with van der Waals surface area (Å²) < 4.78 is 5.64. The van der Waals surface area contributed by atoms with Crippen LogP contribution in [0.2, 0.25) is 0 Å². The van der Waals surface area contributed by atoms with Crippen LogP contribution >= 0.6 is 35.7 Å². The fourth-order valence-electron chi connectivity index (χ4n) is 3.21. The Morgan fingerprint density at radius 3 is 2.86 bits per heavy atom. The minimum Gasteiger partial charge on any atom is -0.376 e. The number of thioether (sulfide) groups is 1.